The molecule has 2 heteroatoms. The fraction of sp³-hybridized carbons (Fsp3) is 0.489. The number of rotatable bonds is 7. The third kappa shape index (κ3) is 6.70. The molecule has 0 bridgehead atoms. The van der Waals surface area contributed by atoms with E-state index in [4.69, 9.17) is 9.98 Å². The molecule has 0 N–H and O–H groups in total. The number of aliphatic imine (C=N–C) groups is 2. The van der Waals surface area contributed by atoms with Crippen molar-refractivity contribution in [3.8, 4) is 0 Å². The highest BCUT2D eigenvalue weighted by molar-refractivity contribution is 6.14. The average molecular weight is 653 g/mol. The summed E-state index contributed by atoms with van der Waals surface area (Å²) in [5.74, 6) is 2.59. The number of hydrogen-bond donors (Lipinski definition) is 0. The smallest absolute Gasteiger partial charge is 0.133 e. The lowest BCUT2D eigenvalue weighted by molar-refractivity contribution is 0.298. The molecule has 4 aliphatic carbocycles. The first-order valence-corrected chi connectivity index (χ1v) is 19.2. The molecule has 0 spiro atoms. The molecule has 0 amide bonds. The molecule has 0 saturated carbocycles. The lowest BCUT2D eigenvalue weighted by Crippen LogP contribution is -2.46. The van der Waals surface area contributed by atoms with Gasteiger partial charge in [-0.05, 0) is 104 Å². The van der Waals surface area contributed by atoms with Crippen molar-refractivity contribution in [2.24, 2.45) is 44.0 Å². The first-order chi connectivity index (χ1) is 23.4. The van der Waals surface area contributed by atoms with Crippen molar-refractivity contribution in [3.05, 3.63) is 125 Å². The topological polar surface area (TPSA) is 24.7 Å². The lowest BCUT2D eigenvalue weighted by atomic mass is 9.68. The molecule has 1 heterocycles. The van der Waals surface area contributed by atoms with Gasteiger partial charge in [-0.2, -0.15) is 0 Å². The Morgan fingerprint density at radius 2 is 1.86 bits per heavy atom. The summed E-state index contributed by atoms with van der Waals surface area (Å²) in [6.07, 6.45) is 33.6. The summed E-state index contributed by atoms with van der Waals surface area (Å²) in [6, 6.07) is 9.25. The molecule has 6 rings (SSSR count). The molecule has 1 aliphatic heterocycles. The van der Waals surface area contributed by atoms with Crippen LogP contribution < -0.4 is 0 Å². The van der Waals surface area contributed by atoms with Crippen LogP contribution in [0.2, 0.25) is 0 Å². The number of allylic oxidation sites excluding steroid dienone is 14. The average Bonchev–Trinajstić information content (AvgIpc) is 3.41. The molecule has 258 valence electrons. The highest BCUT2D eigenvalue weighted by atomic mass is 15.0. The third-order valence-corrected chi connectivity index (χ3v) is 12.4. The third-order valence-electron chi connectivity index (χ3n) is 12.4. The molecule has 0 aromatic heterocycles. The van der Waals surface area contributed by atoms with Crippen molar-refractivity contribution >= 4 is 17.1 Å². The minimum Gasteiger partial charge on any atom is -0.265 e. The van der Waals surface area contributed by atoms with Crippen LogP contribution in [-0.2, 0) is 0 Å². The molecular weight excluding hydrogens is 593 g/mol. The zero-order valence-corrected chi connectivity index (χ0v) is 31.8. The number of benzene rings is 1. The van der Waals surface area contributed by atoms with Gasteiger partial charge >= 0.3 is 0 Å². The first-order valence-electron chi connectivity index (χ1n) is 19.2. The van der Waals surface area contributed by atoms with Gasteiger partial charge in [0.05, 0.1) is 11.8 Å². The van der Waals surface area contributed by atoms with Crippen molar-refractivity contribution in [1.82, 2.24) is 0 Å². The van der Waals surface area contributed by atoms with Crippen molar-refractivity contribution in [2.75, 3.05) is 0 Å². The van der Waals surface area contributed by atoms with E-state index in [-0.39, 0.29) is 22.3 Å². The number of unbranched alkanes of at least 4 members (excludes halogenated alkanes) is 1. The standard InChI is InChI=1S/C47H60N2/c1-10-12-20-34(18-11-2)36-21-16-22-37(30-36)43-46(7,8)42(48-44(49-43)47(9)29-17-19-32(3)33(4)31-47)35-25-27-39-38-23-14-13-15-24-40(38)45(5,6)41(39)28-26-35/h11,13,15-18,20-25,27,29-30,32-33,35,42H,10,12,14,19,26,28,31H2,1-9H3/b18-11-,34-20-/t32-,33+,35?,42?,47-/m1/s1. The Kier molecular flexibility index (Phi) is 10.1. The maximum Gasteiger partial charge on any atom is 0.133 e. The minimum absolute atomic E-state index is 0.0417. The van der Waals surface area contributed by atoms with Gasteiger partial charge in [0.25, 0.3) is 0 Å². The van der Waals surface area contributed by atoms with E-state index in [9.17, 15) is 0 Å². The second-order valence-electron chi connectivity index (χ2n) is 16.8. The van der Waals surface area contributed by atoms with Crippen LogP contribution in [0.3, 0.4) is 0 Å². The van der Waals surface area contributed by atoms with Gasteiger partial charge in [-0.3, -0.25) is 4.99 Å². The van der Waals surface area contributed by atoms with Crippen LogP contribution in [0, 0.1) is 34.0 Å². The van der Waals surface area contributed by atoms with E-state index in [0.29, 0.717) is 17.8 Å². The summed E-state index contributed by atoms with van der Waals surface area (Å²) in [7, 11) is 0. The van der Waals surface area contributed by atoms with Crippen LogP contribution in [-0.4, -0.2) is 17.6 Å². The highest BCUT2D eigenvalue weighted by Gasteiger charge is 2.47. The zero-order chi connectivity index (χ0) is 35.0. The van der Waals surface area contributed by atoms with Crippen LogP contribution in [0.5, 0.6) is 0 Å². The van der Waals surface area contributed by atoms with Crippen molar-refractivity contribution in [3.63, 3.8) is 0 Å². The Labute approximate surface area is 298 Å². The second-order valence-corrected chi connectivity index (χ2v) is 16.8. The van der Waals surface area contributed by atoms with Gasteiger partial charge in [-0.15, -0.1) is 0 Å². The Balaban J connectivity index is 1.44. The largest absolute Gasteiger partial charge is 0.265 e. The van der Waals surface area contributed by atoms with E-state index < -0.39 is 0 Å². The van der Waals surface area contributed by atoms with Gasteiger partial charge in [-0.25, -0.2) is 4.99 Å². The minimum atomic E-state index is -0.254. The van der Waals surface area contributed by atoms with E-state index in [2.05, 4.69) is 153 Å². The SMILES string of the molecule is C/C=C\C(=C\CCC)c1cccc(C2=NC([C@]3(C)C=CC[C@@H](C)[C@@H](C)C3)=NC(C3C=CC4=C(CC3)C(C)(C)C3=CC=CCC=C34)C2(C)C)c1. The fourth-order valence-electron chi connectivity index (χ4n) is 9.16. The maximum absolute atomic E-state index is 5.78. The predicted molar refractivity (Wildman–Crippen MR) is 213 cm³/mol. The summed E-state index contributed by atoms with van der Waals surface area (Å²) >= 11 is 0. The molecule has 0 saturated heterocycles. The molecule has 1 aromatic rings. The Hall–Kier alpha value is -3.52. The van der Waals surface area contributed by atoms with Gasteiger partial charge in [0, 0.05) is 22.2 Å². The Morgan fingerprint density at radius 3 is 2.63 bits per heavy atom. The number of amidine groups is 1. The Morgan fingerprint density at radius 1 is 1.04 bits per heavy atom. The number of hydrogen-bond acceptors (Lipinski definition) is 2. The Bertz CT molecular complexity index is 1760. The number of fused-ring (bicyclic) bond motifs is 2. The summed E-state index contributed by atoms with van der Waals surface area (Å²) in [4.78, 5) is 11.4. The molecule has 0 fully saturated rings. The highest BCUT2D eigenvalue weighted by Crippen LogP contribution is 2.55. The molecule has 0 radical (unpaired) electrons. The summed E-state index contributed by atoms with van der Waals surface area (Å²) in [6.45, 7) is 21.2. The summed E-state index contributed by atoms with van der Waals surface area (Å²) in [5.41, 5.74) is 10.5. The van der Waals surface area contributed by atoms with Crippen molar-refractivity contribution in [2.45, 2.75) is 113 Å². The normalized spacial score (nSPS) is 30.9. The van der Waals surface area contributed by atoms with Crippen LogP contribution >= 0.6 is 0 Å². The summed E-state index contributed by atoms with van der Waals surface area (Å²) in [5, 5.41) is 0. The molecule has 5 aliphatic rings. The van der Waals surface area contributed by atoms with E-state index in [1.54, 1.807) is 5.57 Å². The van der Waals surface area contributed by atoms with Gasteiger partial charge in [0.2, 0.25) is 0 Å². The number of nitrogens with zero attached hydrogens (tertiary/aromatic N) is 2. The van der Waals surface area contributed by atoms with Crippen LogP contribution in [0.25, 0.3) is 5.57 Å². The van der Waals surface area contributed by atoms with E-state index >= 15 is 0 Å². The molecule has 49 heavy (non-hydrogen) atoms. The van der Waals surface area contributed by atoms with Crippen LogP contribution in [0.15, 0.2) is 123 Å². The van der Waals surface area contributed by atoms with Crippen LogP contribution in [0.1, 0.15) is 118 Å². The van der Waals surface area contributed by atoms with E-state index in [1.165, 1.54) is 39.1 Å². The van der Waals surface area contributed by atoms with E-state index in [0.717, 1.165) is 50.8 Å². The molecular formula is C47H60N2. The van der Waals surface area contributed by atoms with Crippen molar-refractivity contribution < 1.29 is 0 Å². The molecule has 1 aromatic carbocycles. The zero-order valence-electron chi connectivity index (χ0n) is 31.8. The van der Waals surface area contributed by atoms with Gasteiger partial charge in [0.1, 0.15) is 5.84 Å². The second kappa shape index (κ2) is 14.0. The predicted octanol–water partition coefficient (Wildman–Crippen LogP) is 12.8. The van der Waals surface area contributed by atoms with E-state index in [1.807, 2.05) is 0 Å². The van der Waals surface area contributed by atoms with Crippen LogP contribution in [0.4, 0.5) is 0 Å². The van der Waals surface area contributed by atoms with Crippen molar-refractivity contribution in [1.29, 1.82) is 0 Å². The van der Waals surface area contributed by atoms with Gasteiger partial charge < -0.3 is 0 Å². The fourth-order valence-corrected chi connectivity index (χ4v) is 9.16. The lowest BCUT2D eigenvalue weighted by Gasteiger charge is -2.43. The monoisotopic (exact) mass is 652 g/mol. The van der Waals surface area contributed by atoms with Gasteiger partial charge in [0.15, 0.2) is 0 Å². The maximum atomic E-state index is 5.78. The quantitative estimate of drug-likeness (QED) is 0.207. The van der Waals surface area contributed by atoms with Gasteiger partial charge in [-0.1, -0.05) is 145 Å². The molecule has 2 nitrogen and oxygen atoms in total. The molecule has 2 unspecified atom stereocenters. The molecule has 5 atom stereocenters. The summed E-state index contributed by atoms with van der Waals surface area (Å²) < 4.78 is 0. The first kappa shape index (κ1) is 35.3.